The van der Waals surface area contributed by atoms with Crippen molar-refractivity contribution in [3.8, 4) is 20.9 Å². The monoisotopic (exact) mass is 438 g/mol. The van der Waals surface area contributed by atoms with Crippen molar-refractivity contribution in [2.45, 2.75) is 13.8 Å². The number of nitrogens with zero attached hydrogens (tertiary/aromatic N) is 2. The fourth-order valence-electron chi connectivity index (χ4n) is 3.67. The Morgan fingerprint density at radius 3 is 1.32 bits per heavy atom. The summed E-state index contributed by atoms with van der Waals surface area (Å²) in [6.07, 6.45) is 3.68. The van der Waals surface area contributed by atoms with Gasteiger partial charge >= 0.3 is 0 Å². The van der Waals surface area contributed by atoms with Crippen LogP contribution in [0.15, 0.2) is 97.3 Å². The van der Waals surface area contributed by atoms with Crippen LogP contribution in [0.2, 0.25) is 0 Å². The van der Waals surface area contributed by atoms with Crippen LogP contribution < -0.4 is 4.90 Å². The van der Waals surface area contributed by atoms with Gasteiger partial charge in [0.1, 0.15) is 0 Å². The van der Waals surface area contributed by atoms with E-state index in [1.807, 2.05) is 47.2 Å². The molecule has 0 aliphatic heterocycles. The highest BCUT2D eigenvalue weighted by atomic mass is 32.1. The number of anilines is 3. The Morgan fingerprint density at radius 1 is 0.516 bits per heavy atom. The highest BCUT2D eigenvalue weighted by molar-refractivity contribution is 7.15. The summed E-state index contributed by atoms with van der Waals surface area (Å²) in [6, 6.07) is 30.4. The molecule has 3 heterocycles. The number of aromatic nitrogens is 1. The van der Waals surface area contributed by atoms with Gasteiger partial charge in [-0.2, -0.15) is 0 Å². The van der Waals surface area contributed by atoms with Crippen LogP contribution in [0.3, 0.4) is 0 Å². The summed E-state index contributed by atoms with van der Waals surface area (Å²) < 4.78 is 0. The normalized spacial score (nSPS) is 10.9. The predicted molar refractivity (Wildman–Crippen MR) is 135 cm³/mol. The standard InChI is InChI=1S/C27H22N2S2/c1-19-3-13-26(30-19)21-5-9-23(10-6-21)29(25-15-17-28-18-16-25)24-11-7-22(8-12-24)27-14-4-20(2)31-27/h3-18H,1-2H3. The lowest BCUT2D eigenvalue weighted by Crippen LogP contribution is -2.09. The lowest BCUT2D eigenvalue weighted by atomic mass is 10.1. The van der Waals surface area contributed by atoms with Crippen LogP contribution in [0.4, 0.5) is 17.1 Å². The van der Waals surface area contributed by atoms with Crippen LogP contribution in [0.1, 0.15) is 9.75 Å². The van der Waals surface area contributed by atoms with Crippen LogP contribution >= 0.6 is 22.7 Å². The zero-order valence-corrected chi connectivity index (χ0v) is 19.1. The third-order valence-electron chi connectivity index (χ3n) is 5.22. The average molecular weight is 439 g/mol. The lowest BCUT2D eigenvalue weighted by molar-refractivity contribution is 1.24. The van der Waals surface area contributed by atoms with Gasteiger partial charge in [-0.15, -0.1) is 22.7 Å². The van der Waals surface area contributed by atoms with Gasteiger partial charge in [0.05, 0.1) is 0 Å². The van der Waals surface area contributed by atoms with Crippen molar-refractivity contribution in [3.05, 3.63) is 107 Å². The molecule has 2 nitrogen and oxygen atoms in total. The van der Waals surface area contributed by atoms with Crippen molar-refractivity contribution in [2.24, 2.45) is 0 Å². The molecule has 0 bridgehead atoms. The van der Waals surface area contributed by atoms with Gasteiger partial charge in [0.15, 0.2) is 0 Å². The number of rotatable bonds is 5. The summed E-state index contributed by atoms with van der Waals surface area (Å²) in [5.41, 5.74) is 5.85. The Balaban J connectivity index is 1.52. The van der Waals surface area contributed by atoms with Gasteiger partial charge in [0.2, 0.25) is 0 Å². The molecule has 31 heavy (non-hydrogen) atoms. The molecule has 0 saturated carbocycles. The maximum Gasteiger partial charge on any atom is 0.0492 e. The second-order valence-corrected chi connectivity index (χ2v) is 10.0. The Morgan fingerprint density at radius 2 is 0.935 bits per heavy atom. The van der Waals surface area contributed by atoms with Gasteiger partial charge in [-0.25, -0.2) is 0 Å². The van der Waals surface area contributed by atoms with E-state index in [4.69, 9.17) is 0 Å². The van der Waals surface area contributed by atoms with E-state index in [0.29, 0.717) is 0 Å². The molecule has 0 spiro atoms. The van der Waals surface area contributed by atoms with E-state index < -0.39 is 0 Å². The van der Waals surface area contributed by atoms with Crippen molar-refractivity contribution < 1.29 is 0 Å². The molecule has 0 saturated heterocycles. The molecule has 152 valence electrons. The van der Waals surface area contributed by atoms with E-state index in [-0.39, 0.29) is 0 Å². The maximum atomic E-state index is 4.20. The molecule has 2 aromatic carbocycles. The van der Waals surface area contributed by atoms with Crippen molar-refractivity contribution in [1.29, 1.82) is 0 Å². The number of hydrogen-bond donors (Lipinski definition) is 0. The second-order valence-electron chi connectivity index (χ2n) is 7.46. The molecule has 0 fully saturated rings. The first-order valence-electron chi connectivity index (χ1n) is 10.2. The van der Waals surface area contributed by atoms with E-state index in [1.54, 1.807) is 0 Å². The first kappa shape index (κ1) is 19.7. The maximum absolute atomic E-state index is 4.20. The first-order valence-corrected chi connectivity index (χ1v) is 11.8. The molecule has 0 aliphatic carbocycles. The largest absolute Gasteiger partial charge is 0.310 e. The molecule has 3 aromatic heterocycles. The van der Waals surface area contributed by atoms with Crippen LogP contribution in [0.25, 0.3) is 20.9 Å². The molecule has 0 unspecified atom stereocenters. The fraction of sp³-hybridized carbons (Fsp3) is 0.0741. The van der Waals surface area contributed by atoms with E-state index in [0.717, 1.165) is 17.1 Å². The molecular weight excluding hydrogens is 416 g/mol. The first-order chi connectivity index (χ1) is 15.2. The van der Waals surface area contributed by atoms with Crippen LogP contribution in [-0.4, -0.2) is 4.98 Å². The minimum Gasteiger partial charge on any atom is -0.310 e. The Bertz CT molecular complexity index is 1200. The molecule has 0 aliphatic rings. The third kappa shape index (κ3) is 4.18. The number of benzene rings is 2. The van der Waals surface area contributed by atoms with E-state index in [1.165, 1.54) is 30.6 Å². The quantitative estimate of drug-likeness (QED) is 0.273. The van der Waals surface area contributed by atoms with Crippen molar-refractivity contribution in [3.63, 3.8) is 0 Å². The molecule has 0 atom stereocenters. The zero-order valence-electron chi connectivity index (χ0n) is 17.4. The van der Waals surface area contributed by atoms with Gasteiger partial charge in [-0.05, 0) is 85.6 Å². The minimum atomic E-state index is 1.09. The van der Waals surface area contributed by atoms with Gasteiger partial charge in [0.25, 0.3) is 0 Å². The van der Waals surface area contributed by atoms with Gasteiger partial charge in [0, 0.05) is 49.0 Å². The highest BCUT2D eigenvalue weighted by Gasteiger charge is 2.13. The van der Waals surface area contributed by atoms with Gasteiger partial charge in [-0.3, -0.25) is 4.98 Å². The zero-order chi connectivity index (χ0) is 21.2. The Hall–Kier alpha value is -3.21. The molecule has 5 aromatic rings. The van der Waals surface area contributed by atoms with E-state index in [2.05, 4.69) is 96.5 Å². The molecular formula is C27H22N2S2. The summed E-state index contributed by atoms with van der Waals surface area (Å²) in [7, 11) is 0. The molecule has 0 radical (unpaired) electrons. The van der Waals surface area contributed by atoms with E-state index in [9.17, 15) is 0 Å². The van der Waals surface area contributed by atoms with Gasteiger partial charge in [-0.1, -0.05) is 24.3 Å². The Kier molecular flexibility index (Phi) is 5.41. The average Bonchev–Trinajstić information content (AvgIpc) is 3.44. The summed E-state index contributed by atoms with van der Waals surface area (Å²) in [6.45, 7) is 4.30. The summed E-state index contributed by atoms with van der Waals surface area (Å²) >= 11 is 3.66. The number of pyridine rings is 1. The number of aryl methyl sites for hydroxylation is 2. The minimum absolute atomic E-state index is 1.09. The van der Waals surface area contributed by atoms with Crippen molar-refractivity contribution >= 4 is 39.7 Å². The van der Waals surface area contributed by atoms with Crippen LogP contribution in [-0.2, 0) is 0 Å². The second kappa shape index (κ2) is 8.50. The van der Waals surface area contributed by atoms with Crippen LogP contribution in [0, 0.1) is 13.8 Å². The molecule has 0 amide bonds. The highest BCUT2D eigenvalue weighted by Crippen LogP contribution is 2.37. The van der Waals surface area contributed by atoms with E-state index >= 15 is 0 Å². The molecule has 4 heteroatoms. The van der Waals surface area contributed by atoms with Crippen molar-refractivity contribution in [2.75, 3.05) is 4.90 Å². The lowest BCUT2D eigenvalue weighted by Gasteiger charge is -2.25. The predicted octanol–water partition coefficient (Wildman–Crippen LogP) is 8.63. The van der Waals surface area contributed by atoms with Crippen molar-refractivity contribution in [1.82, 2.24) is 4.98 Å². The Labute approximate surface area is 191 Å². The smallest absolute Gasteiger partial charge is 0.0492 e. The number of hydrogen-bond acceptors (Lipinski definition) is 4. The SMILES string of the molecule is Cc1ccc(-c2ccc(N(c3ccncc3)c3ccc(-c4ccc(C)s4)cc3)cc2)s1. The fourth-order valence-corrected chi connectivity index (χ4v) is 5.42. The molecule has 5 rings (SSSR count). The van der Waals surface area contributed by atoms with Gasteiger partial charge < -0.3 is 4.90 Å². The summed E-state index contributed by atoms with van der Waals surface area (Å²) in [5, 5.41) is 0. The summed E-state index contributed by atoms with van der Waals surface area (Å²) in [4.78, 5) is 11.7. The topological polar surface area (TPSA) is 16.1 Å². The summed E-state index contributed by atoms with van der Waals surface area (Å²) in [5.74, 6) is 0. The third-order valence-corrected chi connectivity index (χ3v) is 7.32. The number of thiophene rings is 2. The molecule has 0 N–H and O–H groups in total. The van der Waals surface area contributed by atoms with Crippen LogP contribution in [0.5, 0.6) is 0 Å².